The Morgan fingerprint density at radius 2 is 1.62 bits per heavy atom. The van der Waals surface area contributed by atoms with Gasteiger partial charge in [-0.1, -0.05) is 18.2 Å². The first-order valence-electron chi connectivity index (χ1n) is 7.77. The first kappa shape index (κ1) is 18.8. The van der Waals surface area contributed by atoms with Gasteiger partial charge in [0.25, 0.3) is 0 Å². The van der Waals surface area contributed by atoms with Gasteiger partial charge in [0.2, 0.25) is 11.8 Å². The van der Waals surface area contributed by atoms with Gasteiger partial charge in [-0.25, -0.2) is 16.1 Å². The van der Waals surface area contributed by atoms with Gasteiger partial charge in [-0.05, 0) is 42.0 Å². The Kier molecular flexibility index (Phi) is 7.02. The van der Waals surface area contributed by atoms with Crippen molar-refractivity contribution in [2.24, 2.45) is 10.9 Å². The molecule has 2 amide bonds. The van der Waals surface area contributed by atoms with Crippen molar-refractivity contribution in [1.29, 1.82) is 0 Å². The minimum absolute atomic E-state index is 0.0146. The van der Waals surface area contributed by atoms with Crippen molar-refractivity contribution >= 4 is 24.0 Å². The van der Waals surface area contributed by atoms with Gasteiger partial charge in [0.05, 0.1) is 11.8 Å². The molecule has 8 nitrogen and oxygen atoms in total. The van der Waals surface area contributed by atoms with Gasteiger partial charge in [-0.15, -0.1) is 0 Å². The summed E-state index contributed by atoms with van der Waals surface area (Å²) in [6.07, 6.45) is 1.40. The van der Waals surface area contributed by atoms with Crippen LogP contribution >= 0.6 is 0 Å². The number of ether oxygens (including phenoxy) is 1. The Balaban J connectivity index is 1.82. The van der Waals surface area contributed by atoms with Crippen LogP contribution in [-0.2, 0) is 9.59 Å². The topological polar surface area (TPSA) is 123 Å². The Labute approximate surface area is 150 Å². The van der Waals surface area contributed by atoms with Crippen LogP contribution in [0.3, 0.4) is 0 Å². The smallest absolute Gasteiger partial charge is 0.343 e. The summed E-state index contributed by atoms with van der Waals surface area (Å²) in [6.45, 7) is 0. The van der Waals surface area contributed by atoms with Crippen LogP contribution in [0.25, 0.3) is 0 Å². The molecule has 0 radical (unpaired) electrons. The van der Waals surface area contributed by atoms with Crippen molar-refractivity contribution < 1.29 is 19.1 Å². The maximum Gasteiger partial charge on any atom is 0.343 e. The number of rotatable bonds is 7. The van der Waals surface area contributed by atoms with Crippen LogP contribution in [0.5, 0.6) is 5.75 Å². The molecule has 0 saturated carbocycles. The van der Waals surface area contributed by atoms with Crippen molar-refractivity contribution in [2.45, 2.75) is 12.8 Å². The fraction of sp³-hybridized carbons (Fsp3) is 0.111. The molecule has 2 aromatic rings. The molecule has 0 aliphatic heterocycles. The molecule has 8 heteroatoms. The second-order valence-electron chi connectivity index (χ2n) is 5.19. The zero-order valence-electron chi connectivity index (χ0n) is 13.8. The van der Waals surface area contributed by atoms with E-state index in [1.54, 1.807) is 48.5 Å². The van der Waals surface area contributed by atoms with Gasteiger partial charge in [0, 0.05) is 12.8 Å². The van der Waals surface area contributed by atoms with Crippen LogP contribution < -0.4 is 21.4 Å². The van der Waals surface area contributed by atoms with Crippen molar-refractivity contribution in [2.75, 3.05) is 0 Å². The summed E-state index contributed by atoms with van der Waals surface area (Å²) in [5.41, 5.74) is 5.40. The third kappa shape index (κ3) is 6.17. The molecule has 2 rings (SSSR count). The molecule has 0 aromatic heterocycles. The van der Waals surface area contributed by atoms with E-state index in [9.17, 15) is 14.4 Å². The molecular formula is C18H18N4O4. The third-order valence-corrected chi connectivity index (χ3v) is 3.24. The second-order valence-corrected chi connectivity index (χ2v) is 5.19. The maximum absolute atomic E-state index is 11.9. The summed E-state index contributed by atoms with van der Waals surface area (Å²) in [6, 6.07) is 15.3. The van der Waals surface area contributed by atoms with Gasteiger partial charge < -0.3 is 4.74 Å². The number of esters is 1. The lowest BCUT2D eigenvalue weighted by Gasteiger charge is -2.04. The number of nitrogens with two attached hydrogens (primary N) is 1. The number of amides is 2. The summed E-state index contributed by atoms with van der Waals surface area (Å²) in [4.78, 5) is 34.3. The van der Waals surface area contributed by atoms with Crippen LogP contribution in [0.4, 0.5) is 0 Å². The molecule has 0 spiro atoms. The first-order chi connectivity index (χ1) is 12.6. The van der Waals surface area contributed by atoms with Crippen molar-refractivity contribution in [3.05, 3.63) is 65.7 Å². The molecular weight excluding hydrogens is 336 g/mol. The van der Waals surface area contributed by atoms with E-state index in [0.717, 1.165) is 0 Å². The number of carbonyl (C=O) groups is 3. The summed E-state index contributed by atoms with van der Waals surface area (Å²) in [5, 5.41) is 3.79. The maximum atomic E-state index is 11.9. The van der Waals surface area contributed by atoms with Crippen LogP contribution in [0, 0.1) is 0 Å². The average molecular weight is 354 g/mol. The summed E-state index contributed by atoms with van der Waals surface area (Å²) in [7, 11) is 0. The Hall–Kier alpha value is -3.52. The predicted molar refractivity (Wildman–Crippen MR) is 95.1 cm³/mol. The van der Waals surface area contributed by atoms with Gasteiger partial charge in [-0.2, -0.15) is 5.10 Å². The van der Waals surface area contributed by atoms with E-state index < -0.39 is 17.8 Å². The number of benzene rings is 2. The largest absolute Gasteiger partial charge is 0.423 e. The molecule has 0 unspecified atom stereocenters. The number of nitrogens with one attached hydrogen (secondary N) is 2. The molecule has 134 valence electrons. The molecule has 0 bridgehead atoms. The van der Waals surface area contributed by atoms with E-state index in [1.165, 1.54) is 6.21 Å². The molecule has 0 aliphatic carbocycles. The zero-order chi connectivity index (χ0) is 18.8. The molecule has 4 N–H and O–H groups in total. The fourth-order valence-corrected chi connectivity index (χ4v) is 1.90. The minimum atomic E-state index is -0.444. The van der Waals surface area contributed by atoms with E-state index in [-0.39, 0.29) is 12.8 Å². The van der Waals surface area contributed by atoms with E-state index in [1.807, 2.05) is 11.5 Å². The highest BCUT2D eigenvalue weighted by Crippen LogP contribution is 2.13. The molecule has 0 atom stereocenters. The number of carbonyl (C=O) groups excluding carboxylic acids is 3. The molecule has 0 fully saturated rings. The van der Waals surface area contributed by atoms with Gasteiger partial charge >= 0.3 is 5.97 Å². The molecule has 26 heavy (non-hydrogen) atoms. The van der Waals surface area contributed by atoms with Crippen LogP contribution in [0.2, 0.25) is 0 Å². The van der Waals surface area contributed by atoms with E-state index in [0.29, 0.717) is 16.9 Å². The van der Waals surface area contributed by atoms with E-state index >= 15 is 0 Å². The SMILES string of the molecule is NNC(=O)CCC(=O)N/N=C\c1ccc(OC(=O)c2ccccc2)cc1. The number of hydrazine groups is 1. The van der Waals surface area contributed by atoms with E-state index in [4.69, 9.17) is 10.6 Å². The number of hydrazone groups is 1. The Morgan fingerprint density at radius 1 is 0.962 bits per heavy atom. The van der Waals surface area contributed by atoms with Crippen molar-refractivity contribution in [3.63, 3.8) is 0 Å². The zero-order valence-corrected chi connectivity index (χ0v) is 13.8. The lowest BCUT2D eigenvalue weighted by Crippen LogP contribution is -2.31. The Morgan fingerprint density at radius 3 is 2.27 bits per heavy atom. The average Bonchev–Trinajstić information content (AvgIpc) is 2.68. The summed E-state index contributed by atoms with van der Waals surface area (Å²) >= 11 is 0. The highest BCUT2D eigenvalue weighted by molar-refractivity contribution is 5.91. The third-order valence-electron chi connectivity index (χ3n) is 3.24. The predicted octanol–water partition coefficient (Wildman–Crippen LogP) is 1.13. The lowest BCUT2D eigenvalue weighted by molar-refractivity contribution is -0.126. The fourth-order valence-electron chi connectivity index (χ4n) is 1.90. The minimum Gasteiger partial charge on any atom is -0.423 e. The van der Waals surface area contributed by atoms with Gasteiger partial charge in [-0.3, -0.25) is 15.0 Å². The first-order valence-corrected chi connectivity index (χ1v) is 7.77. The standard InChI is InChI=1S/C18H18N4O4/c19-21-16(23)10-11-17(24)22-20-12-13-6-8-15(9-7-13)26-18(25)14-4-2-1-3-5-14/h1-9,12H,10-11,19H2,(H,21,23)(H,22,24)/b20-12-. The van der Waals surface area contributed by atoms with Crippen LogP contribution in [0.1, 0.15) is 28.8 Å². The molecule has 0 aliphatic rings. The van der Waals surface area contributed by atoms with Crippen LogP contribution in [-0.4, -0.2) is 24.0 Å². The molecule has 0 heterocycles. The van der Waals surface area contributed by atoms with Gasteiger partial charge in [0.15, 0.2) is 0 Å². The molecule has 2 aromatic carbocycles. The highest BCUT2D eigenvalue weighted by Gasteiger charge is 2.07. The monoisotopic (exact) mass is 354 g/mol. The lowest BCUT2D eigenvalue weighted by atomic mass is 10.2. The van der Waals surface area contributed by atoms with E-state index in [2.05, 4.69) is 10.5 Å². The number of hydrogen-bond donors (Lipinski definition) is 3. The summed E-state index contributed by atoms with van der Waals surface area (Å²) < 4.78 is 5.26. The van der Waals surface area contributed by atoms with Crippen molar-refractivity contribution in [1.82, 2.24) is 10.9 Å². The molecule has 0 saturated heterocycles. The normalized spacial score (nSPS) is 10.3. The number of hydrogen-bond acceptors (Lipinski definition) is 6. The second kappa shape index (κ2) is 9.70. The van der Waals surface area contributed by atoms with Gasteiger partial charge in [0.1, 0.15) is 5.75 Å². The highest BCUT2D eigenvalue weighted by atomic mass is 16.5. The van der Waals surface area contributed by atoms with Crippen molar-refractivity contribution in [3.8, 4) is 5.75 Å². The summed E-state index contributed by atoms with van der Waals surface area (Å²) in [5.74, 6) is 4.04. The number of nitrogens with zero attached hydrogens (tertiary/aromatic N) is 1. The Bertz CT molecular complexity index is 789. The quantitative estimate of drug-likeness (QED) is 0.172. The van der Waals surface area contributed by atoms with Crippen LogP contribution in [0.15, 0.2) is 59.7 Å².